The Morgan fingerprint density at radius 3 is 2.47 bits per heavy atom. The van der Waals surface area contributed by atoms with Gasteiger partial charge in [-0.2, -0.15) is 5.26 Å². The molecule has 0 aliphatic heterocycles. The fraction of sp³-hybridized carbons (Fsp3) is 0.154. The summed E-state index contributed by atoms with van der Waals surface area (Å²) >= 11 is 0. The minimum Gasteiger partial charge on any atom is -0.373 e. The highest BCUT2D eigenvalue weighted by Crippen LogP contribution is 2.21. The van der Waals surface area contributed by atoms with Crippen LogP contribution in [0.1, 0.15) is 17.4 Å². The van der Waals surface area contributed by atoms with Crippen LogP contribution in [-0.2, 0) is 10.0 Å². The summed E-state index contributed by atoms with van der Waals surface area (Å²) in [5.41, 5.74) is 0.979. The van der Waals surface area contributed by atoms with Crippen LogP contribution in [0.5, 0.6) is 0 Å². The topological polar surface area (TPSA) is 83.1 Å². The number of aliphatic hydroxyl groups is 1. The highest BCUT2D eigenvalue weighted by atomic mass is 32.2. The highest BCUT2D eigenvalue weighted by Gasteiger charge is 2.22. The first-order chi connectivity index (χ1) is 8.96. The summed E-state index contributed by atoms with van der Waals surface area (Å²) in [5, 5.41) is 18.2. The molecule has 0 radical (unpaired) electrons. The number of rotatable bonds is 3. The van der Waals surface area contributed by atoms with Gasteiger partial charge in [0.1, 0.15) is 6.07 Å². The van der Waals surface area contributed by atoms with Gasteiger partial charge in [0.2, 0.25) is 0 Å². The Labute approximate surface area is 111 Å². The zero-order valence-electron chi connectivity index (χ0n) is 10.2. The maximum Gasteiger partial charge on any atom is 0.267 e. The maximum atomic E-state index is 12.4. The lowest BCUT2D eigenvalue weighted by molar-refractivity contribution is 0.230. The van der Waals surface area contributed by atoms with E-state index in [1.165, 1.54) is 30.5 Å². The molecule has 2 aromatic rings. The van der Waals surface area contributed by atoms with Gasteiger partial charge in [-0.3, -0.25) is 0 Å². The Balaban J connectivity index is 2.55. The predicted molar refractivity (Wildman–Crippen MR) is 68.8 cm³/mol. The molecule has 0 amide bonds. The van der Waals surface area contributed by atoms with Crippen LogP contribution in [0.2, 0.25) is 0 Å². The van der Waals surface area contributed by atoms with E-state index in [2.05, 4.69) is 0 Å². The van der Waals surface area contributed by atoms with Gasteiger partial charge in [-0.15, -0.1) is 0 Å². The van der Waals surface area contributed by atoms with Gasteiger partial charge >= 0.3 is 0 Å². The van der Waals surface area contributed by atoms with E-state index in [1.54, 1.807) is 18.2 Å². The number of benzene rings is 1. The van der Waals surface area contributed by atoms with Crippen molar-refractivity contribution in [2.75, 3.05) is 0 Å². The summed E-state index contributed by atoms with van der Waals surface area (Å²) in [7, 11) is -3.79. The molecule has 19 heavy (non-hydrogen) atoms. The number of aliphatic hydroxyl groups excluding tert-OH is 1. The van der Waals surface area contributed by atoms with Gasteiger partial charge in [-0.05, 0) is 31.2 Å². The van der Waals surface area contributed by atoms with Crippen molar-refractivity contribution >= 4 is 10.0 Å². The van der Waals surface area contributed by atoms with Gasteiger partial charge in [0.05, 0.1) is 10.6 Å². The van der Waals surface area contributed by atoms with Gasteiger partial charge in [0.15, 0.2) is 6.10 Å². The van der Waals surface area contributed by atoms with E-state index in [-0.39, 0.29) is 10.6 Å². The molecule has 1 atom stereocenters. The number of nitrogens with zero attached hydrogens (tertiary/aromatic N) is 2. The summed E-state index contributed by atoms with van der Waals surface area (Å²) < 4.78 is 25.7. The average molecular weight is 276 g/mol. The van der Waals surface area contributed by atoms with Crippen molar-refractivity contribution < 1.29 is 13.5 Å². The molecular formula is C13H12N2O3S. The molecule has 0 fully saturated rings. The minimum absolute atomic E-state index is 0.0306. The molecule has 6 heteroatoms. The van der Waals surface area contributed by atoms with E-state index in [9.17, 15) is 13.5 Å². The van der Waals surface area contributed by atoms with Crippen LogP contribution in [0.4, 0.5) is 0 Å². The molecule has 0 aliphatic rings. The van der Waals surface area contributed by atoms with Crippen molar-refractivity contribution in [3.63, 3.8) is 0 Å². The summed E-state index contributed by atoms with van der Waals surface area (Å²) in [6, 6.07) is 10.9. The molecule has 5 nitrogen and oxygen atoms in total. The normalized spacial score (nSPS) is 12.9. The number of nitriles is 1. The van der Waals surface area contributed by atoms with Crippen molar-refractivity contribution in [2.24, 2.45) is 0 Å². The van der Waals surface area contributed by atoms with E-state index in [1.807, 2.05) is 6.92 Å². The van der Waals surface area contributed by atoms with E-state index in [4.69, 9.17) is 5.26 Å². The second-order valence-corrected chi connectivity index (χ2v) is 5.89. The zero-order valence-corrected chi connectivity index (χ0v) is 11.0. The zero-order chi connectivity index (χ0) is 14.0. The van der Waals surface area contributed by atoms with Crippen LogP contribution in [0.3, 0.4) is 0 Å². The van der Waals surface area contributed by atoms with Crippen molar-refractivity contribution in [3.8, 4) is 6.07 Å². The number of aromatic nitrogens is 1. The second-order valence-electron chi connectivity index (χ2n) is 4.08. The third kappa shape index (κ3) is 2.38. The van der Waals surface area contributed by atoms with E-state index in [0.717, 1.165) is 9.54 Å². The smallest absolute Gasteiger partial charge is 0.267 e. The highest BCUT2D eigenvalue weighted by molar-refractivity contribution is 7.90. The minimum atomic E-state index is -3.79. The number of hydrogen-bond acceptors (Lipinski definition) is 4. The van der Waals surface area contributed by atoms with Crippen LogP contribution < -0.4 is 0 Å². The third-order valence-corrected chi connectivity index (χ3v) is 4.44. The molecule has 98 valence electrons. The monoisotopic (exact) mass is 276 g/mol. The summed E-state index contributed by atoms with van der Waals surface area (Å²) in [6.07, 6.45) is -0.166. The molecule has 0 aliphatic carbocycles. The first-order valence-electron chi connectivity index (χ1n) is 5.54. The first-order valence-corrected chi connectivity index (χ1v) is 6.98. The van der Waals surface area contributed by atoms with Gasteiger partial charge in [0.25, 0.3) is 10.0 Å². The Kier molecular flexibility index (Phi) is 3.42. The Morgan fingerprint density at radius 2 is 1.89 bits per heavy atom. The molecule has 2 rings (SSSR count). The molecule has 0 unspecified atom stereocenters. The van der Waals surface area contributed by atoms with Crippen molar-refractivity contribution in [1.82, 2.24) is 3.97 Å². The van der Waals surface area contributed by atoms with Crippen molar-refractivity contribution in [2.45, 2.75) is 17.9 Å². The SMILES string of the molecule is Cc1ccc(S(=O)(=O)n2cccc2[C@@H](O)C#N)cc1. The fourth-order valence-corrected chi connectivity index (χ4v) is 3.08. The molecule has 1 aromatic carbocycles. The summed E-state index contributed by atoms with van der Waals surface area (Å²) in [6.45, 7) is 1.86. The van der Waals surface area contributed by atoms with Gasteiger partial charge < -0.3 is 5.11 Å². The molecule has 1 N–H and O–H groups in total. The van der Waals surface area contributed by atoms with Crippen LogP contribution >= 0.6 is 0 Å². The quantitative estimate of drug-likeness (QED) is 0.863. The Hall–Kier alpha value is -2.10. The summed E-state index contributed by atoms with van der Waals surface area (Å²) in [4.78, 5) is 0.112. The maximum absolute atomic E-state index is 12.4. The lowest BCUT2D eigenvalue weighted by Crippen LogP contribution is -2.16. The van der Waals surface area contributed by atoms with Gasteiger partial charge in [-0.1, -0.05) is 17.7 Å². The molecule has 0 spiro atoms. The van der Waals surface area contributed by atoms with Gasteiger partial charge in [0, 0.05) is 6.20 Å². The standard InChI is InChI=1S/C13H12N2O3S/c1-10-4-6-11(7-5-10)19(17,18)15-8-2-3-12(15)13(16)9-14/h2-8,13,16H,1H3/t13-/m0/s1. The van der Waals surface area contributed by atoms with Gasteiger partial charge in [-0.25, -0.2) is 12.4 Å². The Bertz CT molecular complexity index is 724. The lowest BCUT2D eigenvalue weighted by atomic mass is 10.2. The van der Waals surface area contributed by atoms with Crippen LogP contribution in [-0.4, -0.2) is 17.5 Å². The number of hydrogen-bond donors (Lipinski definition) is 1. The molecule has 1 heterocycles. The van der Waals surface area contributed by atoms with E-state index < -0.39 is 16.1 Å². The molecule has 0 bridgehead atoms. The molecule has 1 aromatic heterocycles. The summed E-state index contributed by atoms with van der Waals surface area (Å²) in [5.74, 6) is 0. The molecular weight excluding hydrogens is 264 g/mol. The molecule has 0 saturated carbocycles. The number of aryl methyl sites for hydroxylation is 1. The Morgan fingerprint density at radius 1 is 1.26 bits per heavy atom. The second kappa shape index (κ2) is 4.88. The fourth-order valence-electron chi connectivity index (χ4n) is 1.70. The molecule has 0 saturated heterocycles. The van der Waals surface area contributed by atoms with Crippen LogP contribution in [0, 0.1) is 18.3 Å². The van der Waals surface area contributed by atoms with Crippen molar-refractivity contribution in [3.05, 3.63) is 53.9 Å². The van der Waals surface area contributed by atoms with Crippen LogP contribution in [0.15, 0.2) is 47.5 Å². The lowest BCUT2D eigenvalue weighted by Gasteiger charge is -2.11. The predicted octanol–water partition coefficient (Wildman–Crippen LogP) is 1.59. The van der Waals surface area contributed by atoms with E-state index >= 15 is 0 Å². The first kappa shape index (κ1) is 13.3. The van der Waals surface area contributed by atoms with Crippen molar-refractivity contribution in [1.29, 1.82) is 5.26 Å². The van der Waals surface area contributed by atoms with E-state index in [0.29, 0.717) is 0 Å². The largest absolute Gasteiger partial charge is 0.373 e. The average Bonchev–Trinajstić information content (AvgIpc) is 2.88. The third-order valence-electron chi connectivity index (χ3n) is 2.72. The van der Waals surface area contributed by atoms with Crippen LogP contribution in [0.25, 0.3) is 0 Å².